The Hall–Kier alpha value is -2.30. The number of nitrogens with one attached hydrogen (secondary N) is 2. The molecule has 6 N–H and O–H groups in total. The van der Waals surface area contributed by atoms with Crippen molar-refractivity contribution in [2.75, 3.05) is 13.2 Å². The molecule has 34 heavy (non-hydrogen) atoms. The van der Waals surface area contributed by atoms with E-state index in [1.54, 1.807) is 0 Å². The van der Waals surface area contributed by atoms with E-state index in [4.69, 9.17) is 14.5 Å². The SMILES string of the molecule is CCCCNC(=O)CCCCC#Cc1cn([C@@H]2O[C@H](COP(=O)(O)O)C(O)C2O)c(=O)[nH]c1=O. The van der Waals surface area contributed by atoms with Crippen LogP contribution in [0.25, 0.3) is 0 Å². The highest BCUT2D eigenvalue weighted by molar-refractivity contribution is 7.46. The smallest absolute Gasteiger partial charge is 0.387 e. The van der Waals surface area contributed by atoms with Crippen LogP contribution in [0.1, 0.15) is 57.2 Å². The number of carbonyl (C=O) groups is 1. The van der Waals surface area contributed by atoms with Gasteiger partial charge in [-0.05, 0) is 19.3 Å². The van der Waals surface area contributed by atoms with E-state index < -0.39 is 50.2 Å². The monoisotopic (exact) mass is 503 g/mol. The number of unbranched alkanes of at least 4 members (excludes halogenated alkanes) is 3. The second-order valence-electron chi connectivity index (χ2n) is 7.75. The number of phosphoric acid groups is 1. The first-order chi connectivity index (χ1) is 16.0. The lowest BCUT2D eigenvalue weighted by atomic mass is 10.1. The van der Waals surface area contributed by atoms with Gasteiger partial charge < -0.3 is 30.1 Å². The van der Waals surface area contributed by atoms with Crippen LogP contribution >= 0.6 is 7.82 Å². The molecule has 0 saturated carbocycles. The molecule has 1 fully saturated rings. The summed E-state index contributed by atoms with van der Waals surface area (Å²) in [5, 5.41) is 23.1. The van der Waals surface area contributed by atoms with Crippen molar-refractivity contribution in [2.24, 2.45) is 0 Å². The third-order valence-electron chi connectivity index (χ3n) is 5.02. The van der Waals surface area contributed by atoms with E-state index in [-0.39, 0.29) is 11.5 Å². The van der Waals surface area contributed by atoms with Gasteiger partial charge in [0.25, 0.3) is 5.56 Å². The molecule has 1 aliphatic heterocycles. The van der Waals surface area contributed by atoms with E-state index >= 15 is 0 Å². The lowest BCUT2D eigenvalue weighted by Crippen LogP contribution is -2.38. The minimum Gasteiger partial charge on any atom is -0.387 e. The summed E-state index contributed by atoms with van der Waals surface area (Å²) in [5.41, 5.74) is -1.77. The quantitative estimate of drug-likeness (QED) is 0.125. The summed E-state index contributed by atoms with van der Waals surface area (Å²) in [6, 6.07) is 0. The van der Waals surface area contributed by atoms with Gasteiger partial charge in [-0.3, -0.25) is 23.7 Å². The van der Waals surface area contributed by atoms with Gasteiger partial charge in [-0.25, -0.2) is 9.36 Å². The number of rotatable bonds is 11. The Bertz CT molecular complexity index is 1050. The first-order valence-electron chi connectivity index (χ1n) is 10.9. The molecule has 2 heterocycles. The molecule has 1 aromatic heterocycles. The Balaban J connectivity index is 1.99. The van der Waals surface area contributed by atoms with Crippen LogP contribution in [0.2, 0.25) is 0 Å². The third kappa shape index (κ3) is 8.48. The van der Waals surface area contributed by atoms with Crippen molar-refractivity contribution in [3.05, 3.63) is 32.6 Å². The van der Waals surface area contributed by atoms with Gasteiger partial charge in [0.05, 0.1) is 6.61 Å². The number of amides is 1. The Kier molecular flexibility index (Phi) is 10.7. The molecule has 0 aliphatic carbocycles. The molecule has 2 unspecified atom stereocenters. The second-order valence-corrected chi connectivity index (χ2v) is 8.99. The van der Waals surface area contributed by atoms with E-state index in [0.717, 1.165) is 23.6 Å². The molecule has 1 amide bonds. The largest absolute Gasteiger partial charge is 0.469 e. The summed E-state index contributed by atoms with van der Waals surface area (Å²) < 4.78 is 21.3. The van der Waals surface area contributed by atoms with Gasteiger partial charge in [0.2, 0.25) is 5.91 Å². The standard InChI is InChI=1S/C20H30N3O10P/c1-2-3-10-21-15(24)9-7-5-4-6-8-13-11-23(20(28)22-18(13)27)19-17(26)16(25)14(33-19)12-32-34(29,30)31/h11,14,16-17,19,25-26H,2-5,7,9-10,12H2,1H3,(H,21,24)(H,22,27,28)(H2,29,30,31)/t14-,16?,17?,19-/m1/s1. The Morgan fingerprint density at radius 2 is 2.00 bits per heavy atom. The summed E-state index contributed by atoms with van der Waals surface area (Å²) in [5.74, 6) is 5.41. The molecule has 0 spiro atoms. The van der Waals surface area contributed by atoms with Crippen molar-refractivity contribution in [1.82, 2.24) is 14.9 Å². The van der Waals surface area contributed by atoms with Crippen LogP contribution in [0, 0.1) is 11.8 Å². The summed E-state index contributed by atoms with van der Waals surface area (Å²) in [7, 11) is -4.84. The maximum absolute atomic E-state index is 12.2. The molecular weight excluding hydrogens is 473 g/mol. The first-order valence-corrected chi connectivity index (χ1v) is 12.4. The highest BCUT2D eigenvalue weighted by Gasteiger charge is 2.45. The second kappa shape index (κ2) is 13.0. The molecule has 4 atom stereocenters. The van der Waals surface area contributed by atoms with E-state index in [1.165, 1.54) is 0 Å². The Morgan fingerprint density at radius 1 is 1.26 bits per heavy atom. The van der Waals surface area contributed by atoms with Crippen molar-refractivity contribution in [3.8, 4) is 11.8 Å². The number of aliphatic hydroxyl groups excluding tert-OH is 2. The average molecular weight is 503 g/mol. The van der Waals surface area contributed by atoms with Crippen LogP contribution in [-0.4, -0.2) is 66.9 Å². The van der Waals surface area contributed by atoms with E-state index in [2.05, 4.69) is 26.7 Å². The molecule has 1 saturated heterocycles. The zero-order valence-electron chi connectivity index (χ0n) is 18.7. The van der Waals surface area contributed by atoms with Gasteiger partial charge in [-0.1, -0.05) is 25.2 Å². The molecule has 0 bridgehead atoms. The minimum atomic E-state index is -4.84. The number of carbonyl (C=O) groups excluding carboxylic acids is 1. The maximum atomic E-state index is 12.2. The number of aromatic nitrogens is 2. The Labute approximate surface area is 195 Å². The van der Waals surface area contributed by atoms with Crippen LogP contribution in [0.5, 0.6) is 0 Å². The van der Waals surface area contributed by atoms with Gasteiger partial charge in [0.15, 0.2) is 6.23 Å². The van der Waals surface area contributed by atoms with Crippen LogP contribution in [0.15, 0.2) is 15.8 Å². The number of hydrogen-bond donors (Lipinski definition) is 6. The molecule has 13 nitrogen and oxygen atoms in total. The summed E-state index contributed by atoms with van der Waals surface area (Å²) >= 11 is 0. The van der Waals surface area contributed by atoms with Crippen LogP contribution in [-0.2, 0) is 18.6 Å². The highest BCUT2D eigenvalue weighted by atomic mass is 31.2. The molecular formula is C20H30N3O10P. The predicted molar refractivity (Wildman–Crippen MR) is 119 cm³/mol. The summed E-state index contributed by atoms with van der Waals surface area (Å²) in [6.45, 7) is 1.96. The summed E-state index contributed by atoms with van der Waals surface area (Å²) in [4.78, 5) is 55.6. The predicted octanol–water partition coefficient (Wildman–Crippen LogP) is -0.907. The van der Waals surface area contributed by atoms with Crippen molar-refractivity contribution in [3.63, 3.8) is 0 Å². The zero-order valence-corrected chi connectivity index (χ0v) is 19.6. The number of hydrogen-bond acceptors (Lipinski definition) is 8. The fraction of sp³-hybridized carbons (Fsp3) is 0.650. The molecule has 0 radical (unpaired) electrons. The van der Waals surface area contributed by atoms with E-state index in [1.807, 2.05) is 6.92 Å². The third-order valence-corrected chi connectivity index (χ3v) is 5.50. The minimum absolute atomic E-state index is 0.0215. The fourth-order valence-electron chi connectivity index (χ4n) is 3.18. The number of phosphoric ester groups is 1. The van der Waals surface area contributed by atoms with Crippen molar-refractivity contribution < 1.29 is 38.6 Å². The average Bonchev–Trinajstić information content (AvgIpc) is 3.04. The first kappa shape index (κ1) is 27.9. The fourth-order valence-corrected chi connectivity index (χ4v) is 3.52. The van der Waals surface area contributed by atoms with Crippen LogP contribution in [0.3, 0.4) is 0 Å². The number of aromatic amines is 1. The van der Waals surface area contributed by atoms with Crippen LogP contribution < -0.4 is 16.6 Å². The number of nitrogens with zero attached hydrogens (tertiary/aromatic N) is 1. The van der Waals surface area contributed by atoms with Crippen molar-refractivity contribution in [1.29, 1.82) is 0 Å². The van der Waals surface area contributed by atoms with E-state index in [0.29, 0.717) is 32.2 Å². The topological polar surface area (TPSA) is 200 Å². The lowest BCUT2D eigenvalue weighted by molar-refractivity contribution is -0.121. The van der Waals surface area contributed by atoms with Gasteiger partial charge in [0.1, 0.15) is 23.9 Å². The van der Waals surface area contributed by atoms with Crippen molar-refractivity contribution in [2.45, 2.75) is 70.0 Å². The van der Waals surface area contributed by atoms with Gasteiger partial charge in [-0.15, -0.1) is 0 Å². The molecule has 1 aromatic rings. The van der Waals surface area contributed by atoms with Gasteiger partial charge in [0, 0.05) is 25.6 Å². The normalized spacial score (nSPS) is 22.3. The maximum Gasteiger partial charge on any atom is 0.469 e. The lowest BCUT2D eigenvalue weighted by Gasteiger charge is -2.17. The molecule has 14 heteroatoms. The van der Waals surface area contributed by atoms with Gasteiger partial charge >= 0.3 is 13.5 Å². The van der Waals surface area contributed by atoms with Crippen molar-refractivity contribution >= 4 is 13.7 Å². The highest BCUT2D eigenvalue weighted by Crippen LogP contribution is 2.38. The van der Waals surface area contributed by atoms with Crippen LogP contribution in [0.4, 0.5) is 0 Å². The molecule has 2 rings (SSSR count). The molecule has 0 aromatic carbocycles. The Morgan fingerprint density at radius 3 is 2.68 bits per heavy atom. The summed E-state index contributed by atoms with van der Waals surface area (Å²) in [6.07, 6.45) is -0.990. The van der Waals surface area contributed by atoms with Gasteiger partial charge in [-0.2, -0.15) is 0 Å². The number of H-pyrrole nitrogens is 1. The molecule has 1 aliphatic rings. The zero-order chi connectivity index (χ0) is 25.3. The number of aliphatic hydroxyl groups is 2. The molecule has 190 valence electrons. The van der Waals surface area contributed by atoms with E-state index in [9.17, 15) is 29.2 Å². The number of ether oxygens (including phenoxy) is 1.